The molecule has 0 saturated heterocycles. The van der Waals surface area contributed by atoms with Gasteiger partial charge in [-0.05, 0) is 53.5 Å². The van der Waals surface area contributed by atoms with Crippen LogP contribution < -0.4 is 10.1 Å². The molecule has 1 saturated carbocycles. The minimum absolute atomic E-state index is 0.299. The van der Waals surface area contributed by atoms with Crippen LogP contribution in [0.2, 0.25) is 0 Å². The van der Waals surface area contributed by atoms with Crippen LogP contribution >= 0.6 is 0 Å². The topological polar surface area (TPSA) is 95.6 Å². The van der Waals surface area contributed by atoms with Crippen LogP contribution in [0, 0.1) is 5.92 Å². The van der Waals surface area contributed by atoms with Gasteiger partial charge in [0, 0.05) is 13.6 Å². The number of ether oxygens (including phenoxy) is 1. The fourth-order valence-electron chi connectivity index (χ4n) is 3.08. The van der Waals surface area contributed by atoms with Crippen molar-refractivity contribution in [3.05, 3.63) is 48.2 Å². The molecule has 3 heterocycles. The summed E-state index contributed by atoms with van der Waals surface area (Å²) < 4.78 is 9.43. The van der Waals surface area contributed by atoms with Crippen molar-refractivity contribution in [3.63, 3.8) is 0 Å². The van der Waals surface area contributed by atoms with Gasteiger partial charge in [-0.25, -0.2) is 14.2 Å². The number of fused-ring (bicyclic) bond motifs is 1. The maximum Gasteiger partial charge on any atom is 0.305 e. The van der Waals surface area contributed by atoms with Gasteiger partial charge in [0.2, 0.25) is 0 Å². The summed E-state index contributed by atoms with van der Waals surface area (Å²) in [6.07, 6.45) is 2.62. The molecule has 0 aliphatic heterocycles. The summed E-state index contributed by atoms with van der Waals surface area (Å²) >= 11 is 0. The van der Waals surface area contributed by atoms with Crippen molar-refractivity contribution in [2.24, 2.45) is 13.0 Å². The molecule has 1 aliphatic rings. The van der Waals surface area contributed by atoms with Crippen LogP contribution in [0.5, 0.6) is 6.01 Å². The van der Waals surface area contributed by atoms with E-state index in [1.54, 1.807) is 11.7 Å². The Hall–Kier alpha value is -3.49. The van der Waals surface area contributed by atoms with Gasteiger partial charge >= 0.3 is 6.01 Å². The summed E-state index contributed by atoms with van der Waals surface area (Å²) in [5, 5.41) is 15.1. The van der Waals surface area contributed by atoms with Crippen molar-refractivity contribution in [2.75, 3.05) is 11.9 Å². The predicted octanol–water partition coefficient (Wildman–Crippen LogP) is 2.34. The number of hydrogen-bond donors (Lipinski definition) is 1. The quantitative estimate of drug-likeness (QED) is 0.529. The van der Waals surface area contributed by atoms with E-state index in [4.69, 9.17) is 4.74 Å². The lowest BCUT2D eigenvalue weighted by molar-refractivity contribution is 0.272. The van der Waals surface area contributed by atoms with Gasteiger partial charge in [-0.2, -0.15) is 4.98 Å². The molecule has 1 aromatic carbocycles. The zero-order valence-corrected chi connectivity index (χ0v) is 15.5. The zero-order chi connectivity index (χ0) is 18.9. The predicted molar refractivity (Wildman–Crippen MR) is 103 cm³/mol. The molecular formula is C19H20N8O. The fourth-order valence-corrected chi connectivity index (χ4v) is 3.08. The van der Waals surface area contributed by atoms with E-state index in [9.17, 15) is 0 Å². The van der Waals surface area contributed by atoms with E-state index >= 15 is 0 Å². The number of rotatable bonds is 7. The number of pyridine rings is 1. The lowest BCUT2D eigenvalue weighted by Crippen LogP contribution is -2.09. The zero-order valence-electron chi connectivity index (χ0n) is 15.5. The highest BCUT2D eigenvalue weighted by Gasteiger charge is 2.21. The van der Waals surface area contributed by atoms with Crippen LogP contribution in [-0.2, 0) is 13.7 Å². The van der Waals surface area contributed by atoms with E-state index in [0.29, 0.717) is 18.6 Å². The maximum atomic E-state index is 6.03. The average Bonchev–Trinajstić information content (AvgIpc) is 3.35. The highest BCUT2D eigenvalue weighted by molar-refractivity contribution is 5.78. The van der Waals surface area contributed by atoms with Gasteiger partial charge in [0.25, 0.3) is 5.95 Å². The molecule has 0 unspecified atom stereocenters. The van der Waals surface area contributed by atoms with E-state index < -0.39 is 0 Å². The number of aryl methyl sites for hydroxylation is 1. The van der Waals surface area contributed by atoms with Crippen LogP contribution in [0.3, 0.4) is 0 Å². The molecule has 9 heteroatoms. The fraction of sp³-hybridized carbons (Fsp3) is 0.316. The molecule has 0 spiro atoms. The Morgan fingerprint density at radius 3 is 2.82 bits per heavy atom. The first-order chi connectivity index (χ1) is 13.8. The number of tetrazole rings is 1. The second kappa shape index (κ2) is 6.91. The first-order valence-corrected chi connectivity index (χ1v) is 9.31. The van der Waals surface area contributed by atoms with Crippen molar-refractivity contribution in [1.29, 1.82) is 0 Å². The lowest BCUT2D eigenvalue weighted by atomic mass is 10.3. The SMILES string of the molecule is Cn1nnnc1-n1c(OCc2cccc(NCC3CC3)n2)nc2ccccc21. The third kappa shape index (κ3) is 3.26. The Labute approximate surface area is 161 Å². The summed E-state index contributed by atoms with van der Waals surface area (Å²) in [4.78, 5) is 9.24. The summed E-state index contributed by atoms with van der Waals surface area (Å²) in [5.74, 6) is 2.21. The Morgan fingerprint density at radius 2 is 2.00 bits per heavy atom. The van der Waals surface area contributed by atoms with Crippen molar-refractivity contribution in [2.45, 2.75) is 19.4 Å². The van der Waals surface area contributed by atoms with Crippen LogP contribution in [0.15, 0.2) is 42.5 Å². The first-order valence-electron chi connectivity index (χ1n) is 9.31. The Kier molecular flexibility index (Phi) is 4.12. The number of imidazole rings is 1. The Bertz CT molecular complexity index is 1110. The van der Waals surface area contributed by atoms with E-state index in [1.807, 2.05) is 47.0 Å². The van der Waals surface area contributed by atoms with Crippen LogP contribution in [0.1, 0.15) is 18.5 Å². The van der Waals surface area contributed by atoms with Crippen LogP contribution in [0.25, 0.3) is 17.0 Å². The number of nitrogens with one attached hydrogen (secondary N) is 1. The van der Waals surface area contributed by atoms with Gasteiger partial charge in [-0.1, -0.05) is 23.3 Å². The lowest BCUT2D eigenvalue weighted by Gasteiger charge is -2.09. The van der Waals surface area contributed by atoms with Gasteiger partial charge in [-0.15, -0.1) is 0 Å². The molecule has 0 amide bonds. The second-order valence-electron chi connectivity index (χ2n) is 6.95. The summed E-state index contributed by atoms with van der Waals surface area (Å²) in [5.41, 5.74) is 2.52. The van der Waals surface area contributed by atoms with Crippen LogP contribution in [-0.4, -0.2) is 41.3 Å². The maximum absolute atomic E-state index is 6.03. The summed E-state index contributed by atoms with van der Waals surface area (Å²) in [7, 11) is 1.78. The van der Waals surface area contributed by atoms with Gasteiger partial charge in [0.15, 0.2) is 0 Å². The van der Waals surface area contributed by atoms with E-state index in [0.717, 1.165) is 35.0 Å². The van der Waals surface area contributed by atoms with E-state index in [-0.39, 0.29) is 0 Å². The van der Waals surface area contributed by atoms with Gasteiger partial charge in [0.1, 0.15) is 12.4 Å². The number of anilines is 1. The summed E-state index contributed by atoms with van der Waals surface area (Å²) in [6, 6.07) is 14.1. The van der Waals surface area contributed by atoms with E-state index in [2.05, 4.69) is 30.8 Å². The molecule has 0 radical (unpaired) electrons. The largest absolute Gasteiger partial charge is 0.458 e. The second-order valence-corrected chi connectivity index (χ2v) is 6.95. The third-order valence-corrected chi connectivity index (χ3v) is 4.75. The number of benzene rings is 1. The Balaban J connectivity index is 1.41. The smallest absolute Gasteiger partial charge is 0.305 e. The van der Waals surface area contributed by atoms with E-state index in [1.165, 1.54) is 12.8 Å². The minimum atomic E-state index is 0.299. The van der Waals surface area contributed by atoms with Gasteiger partial charge in [-0.3, -0.25) is 0 Å². The normalized spacial score (nSPS) is 13.8. The van der Waals surface area contributed by atoms with Crippen molar-refractivity contribution in [3.8, 4) is 12.0 Å². The molecule has 0 bridgehead atoms. The third-order valence-electron chi connectivity index (χ3n) is 4.75. The number of para-hydroxylation sites is 2. The molecule has 5 rings (SSSR count). The minimum Gasteiger partial charge on any atom is -0.458 e. The highest BCUT2D eigenvalue weighted by atomic mass is 16.5. The number of nitrogens with zero attached hydrogens (tertiary/aromatic N) is 7. The average molecular weight is 376 g/mol. The molecule has 0 atom stereocenters. The summed E-state index contributed by atoms with van der Waals surface area (Å²) in [6.45, 7) is 1.28. The molecule has 1 N–H and O–H groups in total. The standard InChI is InChI=1S/C19H20N8O/c1-26-18(23-24-25-26)27-16-7-3-2-6-15(16)22-19(27)28-12-14-5-4-8-17(21-14)20-11-13-9-10-13/h2-8,13H,9-12H2,1H3,(H,20,21). The van der Waals surface area contributed by atoms with Crippen molar-refractivity contribution >= 4 is 16.9 Å². The monoisotopic (exact) mass is 376 g/mol. The molecule has 1 aliphatic carbocycles. The first kappa shape index (κ1) is 16.7. The molecule has 1 fully saturated rings. The Morgan fingerprint density at radius 1 is 1.11 bits per heavy atom. The molecular weight excluding hydrogens is 356 g/mol. The van der Waals surface area contributed by atoms with Crippen molar-refractivity contribution in [1.82, 2.24) is 34.7 Å². The van der Waals surface area contributed by atoms with Gasteiger partial charge in [0.05, 0.1) is 16.7 Å². The molecule has 142 valence electrons. The van der Waals surface area contributed by atoms with Crippen LogP contribution in [0.4, 0.5) is 5.82 Å². The molecule has 9 nitrogen and oxygen atoms in total. The highest BCUT2D eigenvalue weighted by Crippen LogP contribution is 2.29. The molecule has 28 heavy (non-hydrogen) atoms. The number of hydrogen-bond acceptors (Lipinski definition) is 7. The van der Waals surface area contributed by atoms with Crippen molar-refractivity contribution < 1.29 is 4.74 Å². The number of aromatic nitrogens is 7. The molecule has 4 aromatic rings. The van der Waals surface area contributed by atoms with Gasteiger partial charge < -0.3 is 10.1 Å². The molecule has 3 aromatic heterocycles.